The standard InChI is InChI=1S/C14H16N6O3/c1-9(2)10-4-3-5-12(20-14(21)15-17-18-20)11(10)8-23-13-6-7-19(22)16-13/h3-7,9,22H,8H2,1-2H3,(H,15,18,21). The quantitative estimate of drug-likeness (QED) is 0.682. The van der Waals surface area contributed by atoms with Crippen LogP contribution in [0.1, 0.15) is 30.9 Å². The van der Waals surface area contributed by atoms with Gasteiger partial charge in [0.1, 0.15) is 6.61 Å². The summed E-state index contributed by atoms with van der Waals surface area (Å²) >= 11 is 0. The van der Waals surface area contributed by atoms with Gasteiger partial charge in [-0.15, -0.1) is 4.85 Å². The Morgan fingerprint density at radius 1 is 1.35 bits per heavy atom. The van der Waals surface area contributed by atoms with Crippen LogP contribution in [-0.2, 0) is 6.61 Å². The average molecular weight is 316 g/mol. The van der Waals surface area contributed by atoms with Crippen molar-refractivity contribution >= 4 is 0 Å². The van der Waals surface area contributed by atoms with Gasteiger partial charge in [-0.2, -0.15) is 4.68 Å². The SMILES string of the molecule is CC(C)c1cccc(-n2nn[nH]c2=O)c1COc1ccn(O)n1. The minimum atomic E-state index is -0.424. The first-order valence-corrected chi connectivity index (χ1v) is 7.06. The number of benzene rings is 1. The van der Waals surface area contributed by atoms with Gasteiger partial charge in [0, 0.05) is 11.6 Å². The number of tetrazole rings is 1. The van der Waals surface area contributed by atoms with E-state index in [2.05, 4.69) is 34.5 Å². The maximum absolute atomic E-state index is 11.8. The van der Waals surface area contributed by atoms with E-state index in [0.29, 0.717) is 10.5 Å². The third-order valence-corrected chi connectivity index (χ3v) is 3.43. The second-order valence-electron chi connectivity index (χ2n) is 5.28. The lowest BCUT2D eigenvalue weighted by molar-refractivity contribution is 0.141. The Bertz CT molecular complexity index is 863. The highest BCUT2D eigenvalue weighted by Gasteiger charge is 2.16. The summed E-state index contributed by atoms with van der Waals surface area (Å²) < 4.78 is 6.81. The number of H-pyrrole nitrogens is 1. The largest absolute Gasteiger partial charge is 0.472 e. The molecule has 0 saturated carbocycles. The van der Waals surface area contributed by atoms with Crippen molar-refractivity contribution in [2.75, 3.05) is 0 Å². The lowest BCUT2D eigenvalue weighted by Crippen LogP contribution is -2.19. The van der Waals surface area contributed by atoms with Crippen molar-refractivity contribution in [1.82, 2.24) is 30.2 Å². The topological polar surface area (TPSA) is 111 Å². The van der Waals surface area contributed by atoms with E-state index in [1.807, 2.05) is 12.1 Å². The van der Waals surface area contributed by atoms with Crippen LogP contribution in [0.4, 0.5) is 0 Å². The summed E-state index contributed by atoms with van der Waals surface area (Å²) in [4.78, 5) is 12.5. The zero-order valence-electron chi connectivity index (χ0n) is 12.7. The Morgan fingerprint density at radius 2 is 2.17 bits per heavy atom. The second kappa shape index (κ2) is 5.95. The van der Waals surface area contributed by atoms with E-state index in [9.17, 15) is 10.0 Å². The normalized spacial score (nSPS) is 11.1. The third kappa shape index (κ3) is 2.93. The van der Waals surface area contributed by atoms with E-state index in [0.717, 1.165) is 11.1 Å². The van der Waals surface area contributed by atoms with Gasteiger partial charge in [-0.25, -0.2) is 9.89 Å². The maximum Gasteiger partial charge on any atom is 0.365 e. The van der Waals surface area contributed by atoms with Crippen LogP contribution >= 0.6 is 0 Å². The number of nitrogens with one attached hydrogen (secondary N) is 1. The molecule has 0 unspecified atom stereocenters. The Balaban J connectivity index is 2.01. The molecule has 0 amide bonds. The highest BCUT2D eigenvalue weighted by atomic mass is 16.5. The summed E-state index contributed by atoms with van der Waals surface area (Å²) in [5, 5.41) is 22.5. The number of aromatic amines is 1. The molecule has 2 heterocycles. The van der Waals surface area contributed by atoms with Crippen LogP contribution in [0.5, 0.6) is 5.88 Å². The Labute approximate surface area is 131 Å². The minimum absolute atomic E-state index is 0.181. The number of aromatic nitrogens is 6. The highest BCUT2D eigenvalue weighted by Crippen LogP contribution is 2.25. The van der Waals surface area contributed by atoms with Gasteiger partial charge in [0.2, 0.25) is 5.88 Å². The molecule has 2 N–H and O–H groups in total. The molecule has 0 aliphatic carbocycles. The molecule has 0 atom stereocenters. The summed E-state index contributed by atoms with van der Waals surface area (Å²) in [6.07, 6.45) is 1.37. The van der Waals surface area contributed by atoms with Crippen molar-refractivity contribution in [1.29, 1.82) is 0 Å². The molecular weight excluding hydrogens is 300 g/mol. The molecule has 9 heteroatoms. The van der Waals surface area contributed by atoms with Crippen molar-refractivity contribution in [2.45, 2.75) is 26.4 Å². The Hall–Kier alpha value is -3.10. The molecule has 0 aliphatic heterocycles. The third-order valence-electron chi connectivity index (χ3n) is 3.43. The Kier molecular flexibility index (Phi) is 3.83. The molecule has 0 aliphatic rings. The van der Waals surface area contributed by atoms with E-state index < -0.39 is 5.69 Å². The summed E-state index contributed by atoms with van der Waals surface area (Å²) in [5.41, 5.74) is 2.01. The van der Waals surface area contributed by atoms with Gasteiger partial charge >= 0.3 is 5.69 Å². The molecule has 0 fully saturated rings. The highest BCUT2D eigenvalue weighted by molar-refractivity contribution is 5.46. The van der Waals surface area contributed by atoms with Crippen LogP contribution in [0, 0.1) is 0 Å². The number of rotatable bonds is 5. The van der Waals surface area contributed by atoms with E-state index in [1.165, 1.54) is 10.9 Å². The van der Waals surface area contributed by atoms with Gasteiger partial charge < -0.3 is 9.94 Å². The first-order valence-electron chi connectivity index (χ1n) is 7.06. The van der Waals surface area contributed by atoms with Crippen LogP contribution in [0.25, 0.3) is 5.69 Å². The molecule has 9 nitrogen and oxygen atoms in total. The Morgan fingerprint density at radius 3 is 2.78 bits per heavy atom. The molecule has 0 saturated heterocycles. The first-order chi connectivity index (χ1) is 11.1. The van der Waals surface area contributed by atoms with Crippen molar-refractivity contribution < 1.29 is 9.94 Å². The molecule has 3 aromatic rings. The van der Waals surface area contributed by atoms with E-state index in [-0.39, 0.29) is 18.4 Å². The molecule has 23 heavy (non-hydrogen) atoms. The van der Waals surface area contributed by atoms with E-state index >= 15 is 0 Å². The van der Waals surface area contributed by atoms with Gasteiger partial charge in [0.15, 0.2) is 0 Å². The minimum Gasteiger partial charge on any atom is -0.472 e. The number of hydrogen-bond donors (Lipinski definition) is 2. The zero-order chi connectivity index (χ0) is 16.4. The van der Waals surface area contributed by atoms with Gasteiger partial charge in [-0.3, -0.25) is 0 Å². The molecule has 2 aromatic heterocycles. The van der Waals surface area contributed by atoms with Gasteiger partial charge in [-0.05, 0) is 28.0 Å². The molecule has 0 bridgehead atoms. The van der Waals surface area contributed by atoms with Crippen molar-refractivity contribution in [3.8, 4) is 11.6 Å². The zero-order valence-corrected chi connectivity index (χ0v) is 12.7. The van der Waals surface area contributed by atoms with Crippen LogP contribution < -0.4 is 10.4 Å². The fourth-order valence-electron chi connectivity index (χ4n) is 2.37. The number of ether oxygens (including phenoxy) is 1. The van der Waals surface area contributed by atoms with E-state index in [1.54, 1.807) is 12.1 Å². The molecule has 3 rings (SSSR count). The molecular formula is C14H16N6O3. The van der Waals surface area contributed by atoms with Crippen LogP contribution in [0.15, 0.2) is 35.3 Å². The maximum atomic E-state index is 11.8. The van der Waals surface area contributed by atoms with Gasteiger partial charge in [-0.1, -0.05) is 31.1 Å². The molecule has 120 valence electrons. The number of hydrogen-bond acceptors (Lipinski definition) is 6. The van der Waals surface area contributed by atoms with Crippen molar-refractivity contribution in [2.24, 2.45) is 0 Å². The fraction of sp³-hybridized carbons (Fsp3) is 0.286. The van der Waals surface area contributed by atoms with Gasteiger partial charge in [0.05, 0.1) is 11.9 Å². The predicted octanol–water partition coefficient (Wildman–Crippen LogP) is 1.09. The van der Waals surface area contributed by atoms with Crippen molar-refractivity contribution in [3.63, 3.8) is 0 Å². The molecule has 0 radical (unpaired) electrons. The summed E-state index contributed by atoms with van der Waals surface area (Å²) in [6, 6.07) is 7.15. The van der Waals surface area contributed by atoms with Crippen LogP contribution in [0.3, 0.4) is 0 Å². The molecule has 1 aromatic carbocycles. The summed E-state index contributed by atoms with van der Waals surface area (Å²) in [7, 11) is 0. The summed E-state index contributed by atoms with van der Waals surface area (Å²) in [6.45, 7) is 4.28. The van der Waals surface area contributed by atoms with Crippen molar-refractivity contribution in [3.05, 3.63) is 52.1 Å². The monoisotopic (exact) mass is 316 g/mol. The average Bonchev–Trinajstić information content (AvgIpc) is 3.13. The fourth-order valence-corrected chi connectivity index (χ4v) is 2.37. The lowest BCUT2D eigenvalue weighted by Gasteiger charge is -2.16. The van der Waals surface area contributed by atoms with Crippen LogP contribution in [-0.4, -0.2) is 35.4 Å². The lowest BCUT2D eigenvalue weighted by atomic mass is 9.96. The predicted molar refractivity (Wildman–Crippen MR) is 79.8 cm³/mol. The van der Waals surface area contributed by atoms with E-state index in [4.69, 9.17) is 4.74 Å². The first kappa shape index (κ1) is 14.8. The second-order valence-corrected chi connectivity index (χ2v) is 5.28. The molecule has 0 spiro atoms. The smallest absolute Gasteiger partial charge is 0.365 e. The summed E-state index contributed by atoms with van der Waals surface area (Å²) in [5.74, 6) is 0.510. The number of nitrogens with zero attached hydrogens (tertiary/aromatic N) is 5. The van der Waals surface area contributed by atoms with Gasteiger partial charge in [0.25, 0.3) is 0 Å². The van der Waals surface area contributed by atoms with Crippen LogP contribution in [0.2, 0.25) is 0 Å².